The topological polar surface area (TPSA) is 75.9 Å². The molecule has 2 aromatic rings. The molecule has 0 saturated carbocycles. The SMILES string of the molecule is N=Cc1cc(-c2cc(N)cc(C(F)(F)F)c2)ccc1N. The van der Waals surface area contributed by atoms with E-state index in [-0.39, 0.29) is 5.69 Å². The van der Waals surface area contributed by atoms with E-state index in [0.29, 0.717) is 22.4 Å². The molecule has 2 rings (SSSR count). The molecular weight excluding hydrogens is 267 g/mol. The Morgan fingerprint density at radius 1 is 0.950 bits per heavy atom. The standard InChI is InChI=1S/C14H12F3N3/c15-14(16,17)11-4-9(5-12(19)6-11)8-1-2-13(20)10(3-8)7-18/h1-7,18H,19-20H2. The van der Waals surface area contributed by atoms with Crippen molar-refractivity contribution in [2.24, 2.45) is 0 Å². The van der Waals surface area contributed by atoms with Crippen LogP contribution in [-0.2, 0) is 6.18 Å². The normalized spacial score (nSPS) is 11.3. The summed E-state index contributed by atoms with van der Waals surface area (Å²) in [6.07, 6.45) is -3.40. The van der Waals surface area contributed by atoms with Gasteiger partial charge in [-0.2, -0.15) is 13.2 Å². The van der Waals surface area contributed by atoms with Crippen molar-refractivity contribution in [1.82, 2.24) is 0 Å². The van der Waals surface area contributed by atoms with Crippen LogP contribution in [-0.4, -0.2) is 6.21 Å². The Kier molecular flexibility index (Phi) is 3.40. The van der Waals surface area contributed by atoms with Crippen LogP contribution in [0.5, 0.6) is 0 Å². The molecule has 2 aromatic carbocycles. The average molecular weight is 279 g/mol. The number of alkyl halides is 3. The summed E-state index contributed by atoms with van der Waals surface area (Å²) in [7, 11) is 0. The van der Waals surface area contributed by atoms with Gasteiger partial charge in [-0.15, -0.1) is 0 Å². The van der Waals surface area contributed by atoms with Crippen molar-refractivity contribution >= 4 is 17.6 Å². The van der Waals surface area contributed by atoms with Crippen LogP contribution in [0.2, 0.25) is 0 Å². The van der Waals surface area contributed by atoms with Crippen LogP contribution in [0.1, 0.15) is 11.1 Å². The maximum atomic E-state index is 12.8. The number of nitrogens with one attached hydrogen (secondary N) is 1. The minimum atomic E-state index is -4.46. The lowest BCUT2D eigenvalue weighted by Gasteiger charge is -2.11. The van der Waals surface area contributed by atoms with E-state index in [1.807, 2.05) is 0 Å². The zero-order valence-corrected chi connectivity index (χ0v) is 10.3. The third-order valence-corrected chi connectivity index (χ3v) is 2.86. The summed E-state index contributed by atoms with van der Waals surface area (Å²) < 4.78 is 38.3. The summed E-state index contributed by atoms with van der Waals surface area (Å²) in [5.41, 5.74) is 12.1. The Bertz CT molecular complexity index is 663. The van der Waals surface area contributed by atoms with Gasteiger partial charge in [-0.25, -0.2) is 0 Å². The zero-order chi connectivity index (χ0) is 14.9. The van der Waals surface area contributed by atoms with Crippen LogP contribution in [0.25, 0.3) is 11.1 Å². The second-order valence-electron chi connectivity index (χ2n) is 4.33. The Labute approximate surface area is 113 Å². The molecule has 0 aliphatic carbocycles. The average Bonchev–Trinajstić information content (AvgIpc) is 2.37. The van der Waals surface area contributed by atoms with Crippen LogP contribution in [0.15, 0.2) is 36.4 Å². The van der Waals surface area contributed by atoms with Gasteiger partial charge in [0.05, 0.1) is 5.56 Å². The van der Waals surface area contributed by atoms with Crippen molar-refractivity contribution in [3.8, 4) is 11.1 Å². The molecule has 0 amide bonds. The smallest absolute Gasteiger partial charge is 0.399 e. The van der Waals surface area contributed by atoms with Gasteiger partial charge in [0, 0.05) is 23.2 Å². The Morgan fingerprint density at radius 2 is 1.65 bits per heavy atom. The maximum Gasteiger partial charge on any atom is 0.416 e. The van der Waals surface area contributed by atoms with Crippen molar-refractivity contribution < 1.29 is 13.2 Å². The molecule has 104 valence electrons. The summed E-state index contributed by atoms with van der Waals surface area (Å²) in [6.45, 7) is 0. The Balaban J connectivity index is 2.58. The lowest BCUT2D eigenvalue weighted by Crippen LogP contribution is -2.06. The fourth-order valence-electron chi connectivity index (χ4n) is 1.86. The summed E-state index contributed by atoms with van der Waals surface area (Å²) >= 11 is 0. The van der Waals surface area contributed by atoms with Gasteiger partial charge in [0.25, 0.3) is 0 Å². The molecule has 20 heavy (non-hydrogen) atoms. The van der Waals surface area contributed by atoms with E-state index in [9.17, 15) is 13.2 Å². The molecule has 0 spiro atoms. The second kappa shape index (κ2) is 4.88. The van der Waals surface area contributed by atoms with E-state index < -0.39 is 11.7 Å². The van der Waals surface area contributed by atoms with Crippen LogP contribution < -0.4 is 11.5 Å². The molecule has 0 aliphatic heterocycles. The van der Waals surface area contributed by atoms with E-state index >= 15 is 0 Å². The van der Waals surface area contributed by atoms with Gasteiger partial charge < -0.3 is 16.9 Å². The summed E-state index contributed by atoms with van der Waals surface area (Å²) in [5.74, 6) is 0. The largest absolute Gasteiger partial charge is 0.416 e. The van der Waals surface area contributed by atoms with Crippen LogP contribution >= 0.6 is 0 Å². The van der Waals surface area contributed by atoms with Crippen molar-refractivity contribution in [3.63, 3.8) is 0 Å². The monoisotopic (exact) mass is 279 g/mol. The van der Waals surface area contributed by atoms with Crippen LogP contribution in [0.4, 0.5) is 24.5 Å². The summed E-state index contributed by atoms with van der Waals surface area (Å²) in [4.78, 5) is 0. The number of halogens is 3. The highest BCUT2D eigenvalue weighted by Crippen LogP contribution is 2.34. The first kappa shape index (κ1) is 13.9. The molecule has 0 saturated heterocycles. The van der Waals surface area contributed by atoms with E-state index in [0.717, 1.165) is 18.3 Å². The molecule has 0 unspecified atom stereocenters. The number of hydrogen-bond acceptors (Lipinski definition) is 3. The highest BCUT2D eigenvalue weighted by Gasteiger charge is 2.31. The van der Waals surface area contributed by atoms with Crippen molar-refractivity contribution in [2.75, 3.05) is 11.5 Å². The number of nitrogens with two attached hydrogens (primary N) is 2. The van der Waals surface area contributed by atoms with Gasteiger partial charge >= 0.3 is 6.18 Å². The van der Waals surface area contributed by atoms with E-state index in [4.69, 9.17) is 16.9 Å². The third kappa shape index (κ3) is 2.74. The maximum absolute atomic E-state index is 12.8. The molecule has 0 aromatic heterocycles. The van der Waals surface area contributed by atoms with E-state index in [1.54, 1.807) is 18.2 Å². The van der Waals surface area contributed by atoms with Gasteiger partial charge in [0.15, 0.2) is 0 Å². The number of rotatable bonds is 2. The molecule has 5 N–H and O–H groups in total. The molecular formula is C14H12F3N3. The highest BCUT2D eigenvalue weighted by molar-refractivity contribution is 5.88. The van der Waals surface area contributed by atoms with Crippen LogP contribution in [0.3, 0.4) is 0 Å². The van der Waals surface area contributed by atoms with Crippen molar-refractivity contribution in [2.45, 2.75) is 6.18 Å². The van der Waals surface area contributed by atoms with Crippen molar-refractivity contribution in [3.05, 3.63) is 47.5 Å². The predicted molar refractivity (Wildman–Crippen MR) is 73.6 cm³/mol. The van der Waals surface area contributed by atoms with Crippen molar-refractivity contribution in [1.29, 1.82) is 5.41 Å². The molecule has 0 fully saturated rings. The molecule has 6 heteroatoms. The van der Waals surface area contributed by atoms with Gasteiger partial charge in [-0.3, -0.25) is 0 Å². The Hall–Kier alpha value is -2.50. The number of anilines is 2. The molecule has 0 radical (unpaired) electrons. The highest BCUT2D eigenvalue weighted by atomic mass is 19.4. The molecule has 0 atom stereocenters. The minimum Gasteiger partial charge on any atom is -0.399 e. The van der Waals surface area contributed by atoms with Crippen LogP contribution in [0, 0.1) is 5.41 Å². The summed E-state index contributed by atoms with van der Waals surface area (Å²) in [5, 5.41) is 7.22. The first-order chi connectivity index (χ1) is 9.31. The lowest BCUT2D eigenvalue weighted by molar-refractivity contribution is -0.137. The molecule has 3 nitrogen and oxygen atoms in total. The van der Waals surface area contributed by atoms with Gasteiger partial charge in [0.2, 0.25) is 0 Å². The Morgan fingerprint density at radius 3 is 2.25 bits per heavy atom. The first-order valence-corrected chi connectivity index (χ1v) is 5.69. The lowest BCUT2D eigenvalue weighted by atomic mass is 9.99. The second-order valence-corrected chi connectivity index (χ2v) is 4.33. The van der Waals surface area contributed by atoms with E-state index in [1.165, 1.54) is 6.07 Å². The predicted octanol–water partition coefficient (Wildman–Crippen LogP) is 3.53. The number of nitrogen functional groups attached to an aromatic ring is 2. The fourth-order valence-corrected chi connectivity index (χ4v) is 1.86. The summed E-state index contributed by atoms with van der Waals surface area (Å²) in [6, 6.07) is 8.06. The number of benzene rings is 2. The van der Waals surface area contributed by atoms with Gasteiger partial charge in [-0.05, 0) is 41.5 Å². The quantitative estimate of drug-likeness (QED) is 0.581. The molecule has 0 aliphatic rings. The minimum absolute atomic E-state index is 0.0306. The zero-order valence-electron chi connectivity index (χ0n) is 10.3. The molecule has 0 bridgehead atoms. The van der Waals surface area contributed by atoms with Gasteiger partial charge in [0.1, 0.15) is 0 Å². The third-order valence-electron chi connectivity index (χ3n) is 2.86. The fraction of sp³-hybridized carbons (Fsp3) is 0.0714. The van der Waals surface area contributed by atoms with Gasteiger partial charge in [-0.1, -0.05) is 6.07 Å². The van der Waals surface area contributed by atoms with E-state index in [2.05, 4.69) is 0 Å². The molecule has 0 heterocycles. The first-order valence-electron chi connectivity index (χ1n) is 5.69. The number of hydrogen-bond donors (Lipinski definition) is 3.